The Balaban J connectivity index is 1.29. The first-order valence-electron chi connectivity index (χ1n) is 12.0. The maximum atomic E-state index is 11.7. The van der Waals surface area contributed by atoms with Crippen molar-refractivity contribution in [2.75, 3.05) is 45.5 Å². The molecule has 2 aromatic rings. The average Bonchev–Trinajstić information content (AvgIpc) is 2.84. The van der Waals surface area contributed by atoms with E-state index in [4.69, 9.17) is 5.73 Å². The molecule has 32 heavy (non-hydrogen) atoms. The summed E-state index contributed by atoms with van der Waals surface area (Å²) < 4.78 is 0. The van der Waals surface area contributed by atoms with Gasteiger partial charge in [-0.1, -0.05) is 6.07 Å². The molecule has 1 atom stereocenters. The molecule has 2 fully saturated rings. The van der Waals surface area contributed by atoms with Gasteiger partial charge in [-0.2, -0.15) is 0 Å². The Morgan fingerprint density at radius 2 is 1.84 bits per heavy atom. The van der Waals surface area contributed by atoms with Gasteiger partial charge in [-0.3, -0.25) is 9.88 Å². The summed E-state index contributed by atoms with van der Waals surface area (Å²) in [6, 6.07) is 10.6. The average molecular weight is 439 g/mol. The van der Waals surface area contributed by atoms with Gasteiger partial charge in [0.25, 0.3) is 0 Å². The number of likely N-dealkylation sites (tertiary alicyclic amines) is 2. The Kier molecular flexibility index (Phi) is 7.73. The summed E-state index contributed by atoms with van der Waals surface area (Å²) in [4.78, 5) is 13.8. The zero-order valence-electron chi connectivity index (χ0n) is 19.3. The van der Waals surface area contributed by atoms with Crippen LogP contribution in [0.3, 0.4) is 0 Å². The van der Waals surface area contributed by atoms with E-state index in [9.17, 15) is 5.11 Å². The number of nitrogens with zero attached hydrogens (tertiary/aromatic N) is 4. The lowest BCUT2D eigenvalue weighted by Crippen LogP contribution is -2.50. The molecule has 2 aliphatic rings. The van der Waals surface area contributed by atoms with Crippen LogP contribution in [0.25, 0.3) is 0 Å². The van der Waals surface area contributed by atoms with E-state index >= 15 is 0 Å². The first kappa shape index (κ1) is 23.1. The third-order valence-corrected chi connectivity index (χ3v) is 7.39. The number of nitrogens with two attached hydrogens (primary N) is 1. The van der Waals surface area contributed by atoms with E-state index < -0.39 is 5.60 Å². The highest BCUT2D eigenvalue weighted by molar-refractivity contribution is 5.31. The summed E-state index contributed by atoms with van der Waals surface area (Å²) in [6.07, 6.45) is 8.74. The van der Waals surface area contributed by atoms with Crippen molar-refractivity contribution in [2.24, 2.45) is 5.92 Å². The van der Waals surface area contributed by atoms with E-state index in [0.29, 0.717) is 18.3 Å². The molecule has 174 valence electrons. The first-order valence-corrected chi connectivity index (χ1v) is 12.0. The molecule has 0 aromatic carbocycles. The Morgan fingerprint density at radius 1 is 1.06 bits per heavy atom. The fraction of sp³-hybridized carbons (Fsp3) is 0.600. The molecule has 2 aromatic heterocycles. The summed E-state index contributed by atoms with van der Waals surface area (Å²) in [6.45, 7) is 6.09. The third kappa shape index (κ3) is 5.46. The molecule has 4 heterocycles. The normalized spacial score (nSPS) is 21.4. The monoisotopic (exact) mass is 438 g/mol. The first-order chi connectivity index (χ1) is 15.6. The zero-order chi connectivity index (χ0) is 22.4. The van der Waals surface area contributed by atoms with Crippen LogP contribution in [0.2, 0.25) is 0 Å². The number of piperidine rings is 2. The number of pyridine rings is 2. The molecule has 2 saturated heterocycles. The van der Waals surface area contributed by atoms with Gasteiger partial charge in [0.05, 0.1) is 5.69 Å². The van der Waals surface area contributed by atoms with Gasteiger partial charge in [-0.15, -0.1) is 0 Å². The summed E-state index contributed by atoms with van der Waals surface area (Å²) in [5, 5.41) is 14.9. The van der Waals surface area contributed by atoms with Crippen LogP contribution >= 0.6 is 0 Å². The lowest BCUT2D eigenvalue weighted by atomic mass is 9.75. The van der Waals surface area contributed by atoms with Crippen LogP contribution in [-0.2, 0) is 12.1 Å². The number of nitrogen functional groups attached to an aromatic ring is 1. The molecule has 2 aliphatic heterocycles. The predicted octanol–water partition coefficient (Wildman–Crippen LogP) is 2.23. The Labute approximate surface area is 192 Å². The van der Waals surface area contributed by atoms with Gasteiger partial charge in [0.15, 0.2) is 0 Å². The maximum absolute atomic E-state index is 11.7. The van der Waals surface area contributed by atoms with Crippen LogP contribution in [0.1, 0.15) is 43.4 Å². The zero-order valence-corrected chi connectivity index (χ0v) is 19.3. The highest BCUT2D eigenvalue weighted by Gasteiger charge is 2.41. The lowest BCUT2D eigenvalue weighted by Gasteiger charge is -2.45. The minimum atomic E-state index is -0.855. The van der Waals surface area contributed by atoms with Crippen LogP contribution in [-0.4, -0.2) is 70.7 Å². The number of anilines is 1. The number of hydrogen-bond donors (Lipinski definition) is 3. The second-order valence-electron chi connectivity index (χ2n) is 9.40. The molecule has 0 spiro atoms. The van der Waals surface area contributed by atoms with Crippen molar-refractivity contribution < 1.29 is 5.11 Å². The number of rotatable bonds is 8. The number of hydrogen-bond acceptors (Lipinski definition) is 7. The fourth-order valence-electron chi connectivity index (χ4n) is 5.51. The highest BCUT2D eigenvalue weighted by atomic mass is 16.3. The van der Waals surface area contributed by atoms with Gasteiger partial charge < -0.3 is 21.1 Å². The second kappa shape index (κ2) is 10.7. The van der Waals surface area contributed by atoms with Crippen molar-refractivity contribution in [3.63, 3.8) is 0 Å². The fourth-order valence-corrected chi connectivity index (χ4v) is 5.51. The van der Waals surface area contributed by atoms with Gasteiger partial charge in [0.2, 0.25) is 0 Å². The summed E-state index contributed by atoms with van der Waals surface area (Å²) in [5.41, 5.74) is 7.03. The van der Waals surface area contributed by atoms with Crippen LogP contribution in [0.5, 0.6) is 0 Å². The van der Waals surface area contributed by atoms with Crippen molar-refractivity contribution in [1.82, 2.24) is 25.1 Å². The number of aliphatic hydroxyl groups is 1. The summed E-state index contributed by atoms with van der Waals surface area (Å²) >= 11 is 0. The Morgan fingerprint density at radius 3 is 2.50 bits per heavy atom. The number of nitrogens with one attached hydrogen (secondary N) is 1. The number of aromatic nitrogens is 2. The molecule has 1 unspecified atom stereocenters. The van der Waals surface area contributed by atoms with Gasteiger partial charge in [0.1, 0.15) is 11.4 Å². The molecule has 0 amide bonds. The molecular weight excluding hydrogens is 400 g/mol. The van der Waals surface area contributed by atoms with Crippen molar-refractivity contribution in [1.29, 1.82) is 0 Å². The summed E-state index contributed by atoms with van der Waals surface area (Å²) in [5.74, 6) is 0.847. The van der Waals surface area contributed by atoms with E-state index in [1.807, 2.05) is 31.3 Å². The molecule has 4 N–H and O–H groups in total. The summed E-state index contributed by atoms with van der Waals surface area (Å²) in [7, 11) is 1.94. The molecule has 4 rings (SSSR count). The topological polar surface area (TPSA) is 90.5 Å². The molecule has 0 bridgehead atoms. The molecule has 0 aliphatic carbocycles. The van der Waals surface area contributed by atoms with Gasteiger partial charge >= 0.3 is 0 Å². The molecule has 0 radical (unpaired) electrons. The van der Waals surface area contributed by atoms with Crippen LogP contribution in [0.4, 0.5) is 5.82 Å². The van der Waals surface area contributed by atoms with E-state index in [-0.39, 0.29) is 5.92 Å². The van der Waals surface area contributed by atoms with E-state index in [2.05, 4.69) is 31.2 Å². The molecule has 7 nitrogen and oxygen atoms in total. The standard InChI is InChI=1S/C25H38N6O/c1-27-13-10-25(32,23-4-2-3-11-28-23)21-6-16-31(17-7-21)22-8-14-30(15-9-22)19-20-5-12-29-24(26)18-20/h2-5,11-12,18,21-22,27,32H,6-10,13-17,19H2,1H3,(H2,26,29). The van der Waals surface area contributed by atoms with Crippen LogP contribution in [0, 0.1) is 5.92 Å². The van der Waals surface area contributed by atoms with E-state index in [1.54, 1.807) is 12.4 Å². The Hall–Kier alpha value is -2.06. The maximum Gasteiger partial charge on any atom is 0.123 e. The van der Waals surface area contributed by atoms with Gasteiger partial charge in [-0.25, -0.2) is 4.98 Å². The Bertz CT molecular complexity index is 833. The van der Waals surface area contributed by atoms with Crippen molar-refractivity contribution in [2.45, 2.75) is 50.3 Å². The highest BCUT2D eigenvalue weighted by Crippen LogP contribution is 2.39. The molecule has 7 heteroatoms. The second-order valence-corrected chi connectivity index (χ2v) is 9.40. The van der Waals surface area contributed by atoms with Crippen molar-refractivity contribution in [3.8, 4) is 0 Å². The SMILES string of the molecule is CNCCC(O)(c1ccccn1)C1CCN(C2CCN(Cc3ccnc(N)c3)CC2)CC1. The molecular formula is C25H38N6O. The van der Waals surface area contributed by atoms with Gasteiger partial charge in [-0.05, 0) is 108 Å². The van der Waals surface area contributed by atoms with Crippen molar-refractivity contribution in [3.05, 3.63) is 54.0 Å². The lowest BCUT2D eigenvalue weighted by molar-refractivity contribution is -0.0643. The molecule has 0 saturated carbocycles. The van der Waals surface area contributed by atoms with Crippen LogP contribution < -0.4 is 11.1 Å². The van der Waals surface area contributed by atoms with E-state index in [1.165, 1.54) is 18.4 Å². The van der Waals surface area contributed by atoms with Crippen LogP contribution in [0.15, 0.2) is 42.7 Å². The predicted molar refractivity (Wildman–Crippen MR) is 128 cm³/mol. The minimum Gasteiger partial charge on any atom is -0.384 e. The minimum absolute atomic E-state index is 0.249. The van der Waals surface area contributed by atoms with Gasteiger partial charge in [0, 0.05) is 25.0 Å². The van der Waals surface area contributed by atoms with Crippen molar-refractivity contribution >= 4 is 5.82 Å². The third-order valence-electron chi connectivity index (χ3n) is 7.39. The quantitative estimate of drug-likeness (QED) is 0.582. The smallest absolute Gasteiger partial charge is 0.123 e. The van der Waals surface area contributed by atoms with E-state index in [0.717, 1.165) is 57.8 Å². The largest absolute Gasteiger partial charge is 0.384 e.